The fourth-order valence-electron chi connectivity index (χ4n) is 3.64. The van der Waals surface area contributed by atoms with Crippen molar-refractivity contribution in [3.8, 4) is 11.1 Å². The number of carboxylic acids is 1. The topological polar surface area (TPSA) is 92.4 Å². The standard InChI is InChI=1S/C27H21FN2O3/c28-24-10-8-17(9-11-26(31)32)13-25(24)30-27(33)23-15-21(14-20-5-1-2-7-22(20)23)19-6-3-4-18(12-19)16-29/h1-15H,16,29H2,(H,30,33)(H,31,32)/b11-9+. The van der Waals surface area contributed by atoms with E-state index >= 15 is 0 Å². The molecule has 0 spiro atoms. The summed E-state index contributed by atoms with van der Waals surface area (Å²) in [6.07, 6.45) is 2.28. The average Bonchev–Trinajstić information content (AvgIpc) is 2.83. The molecule has 1 amide bonds. The van der Waals surface area contributed by atoms with Gasteiger partial charge in [0.05, 0.1) is 5.69 Å². The predicted molar refractivity (Wildman–Crippen MR) is 128 cm³/mol. The quantitative estimate of drug-likeness (QED) is 0.348. The molecule has 0 atom stereocenters. The molecule has 4 rings (SSSR count). The number of carbonyl (C=O) groups excluding carboxylic acids is 1. The zero-order chi connectivity index (χ0) is 23.4. The van der Waals surface area contributed by atoms with E-state index in [9.17, 15) is 14.0 Å². The van der Waals surface area contributed by atoms with E-state index in [0.717, 1.165) is 33.5 Å². The number of amides is 1. The number of anilines is 1. The number of benzene rings is 4. The van der Waals surface area contributed by atoms with Gasteiger partial charge in [-0.05, 0) is 69.4 Å². The Morgan fingerprint density at radius 1 is 0.939 bits per heavy atom. The molecule has 4 N–H and O–H groups in total. The van der Waals surface area contributed by atoms with Gasteiger partial charge in [-0.25, -0.2) is 9.18 Å². The molecule has 164 valence electrons. The van der Waals surface area contributed by atoms with Crippen molar-refractivity contribution in [1.82, 2.24) is 0 Å². The highest BCUT2D eigenvalue weighted by atomic mass is 19.1. The van der Waals surface area contributed by atoms with Gasteiger partial charge in [0.25, 0.3) is 5.91 Å². The van der Waals surface area contributed by atoms with Crippen molar-refractivity contribution in [2.75, 3.05) is 5.32 Å². The second-order valence-corrected chi connectivity index (χ2v) is 7.51. The molecule has 0 bridgehead atoms. The number of nitrogens with one attached hydrogen (secondary N) is 1. The van der Waals surface area contributed by atoms with Crippen LogP contribution in [0.3, 0.4) is 0 Å². The second-order valence-electron chi connectivity index (χ2n) is 7.51. The van der Waals surface area contributed by atoms with Crippen molar-refractivity contribution >= 4 is 34.4 Å². The Labute approximate surface area is 190 Å². The Hall–Kier alpha value is -4.29. The third-order valence-corrected chi connectivity index (χ3v) is 5.26. The van der Waals surface area contributed by atoms with Crippen LogP contribution in [-0.4, -0.2) is 17.0 Å². The van der Waals surface area contributed by atoms with Crippen LogP contribution < -0.4 is 11.1 Å². The number of halogens is 1. The first-order chi connectivity index (χ1) is 15.9. The van der Waals surface area contributed by atoms with Crippen LogP contribution in [0.1, 0.15) is 21.5 Å². The Balaban J connectivity index is 1.75. The highest BCUT2D eigenvalue weighted by molar-refractivity contribution is 6.14. The SMILES string of the molecule is NCc1cccc(-c2cc(C(=O)Nc3cc(/C=C/C(=O)O)ccc3F)c3ccccc3c2)c1. The Morgan fingerprint density at radius 2 is 1.76 bits per heavy atom. The summed E-state index contributed by atoms with van der Waals surface area (Å²) >= 11 is 0. The number of rotatable bonds is 6. The fourth-order valence-corrected chi connectivity index (χ4v) is 3.64. The van der Waals surface area contributed by atoms with Gasteiger partial charge in [-0.1, -0.05) is 48.5 Å². The van der Waals surface area contributed by atoms with E-state index in [1.165, 1.54) is 24.3 Å². The summed E-state index contributed by atoms with van der Waals surface area (Å²) in [6.45, 7) is 0.403. The number of hydrogen-bond acceptors (Lipinski definition) is 3. The van der Waals surface area contributed by atoms with Crippen LogP contribution in [0.2, 0.25) is 0 Å². The average molecular weight is 440 g/mol. The Bertz CT molecular complexity index is 1400. The van der Waals surface area contributed by atoms with Crippen molar-refractivity contribution in [2.24, 2.45) is 5.73 Å². The van der Waals surface area contributed by atoms with Crippen molar-refractivity contribution in [3.63, 3.8) is 0 Å². The maximum Gasteiger partial charge on any atom is 0.328 e. The van der Waals surface area contributed by atoms with Gasteiger partial charge in [0.1, 0.15) is 5.82 Å². The maximum atomic E-state index is 14.4. The zero-order valence-corrected chi connectivity index (χ0v) is 17.6. The third kappa shape index (κ3) is 4.97. The minimum absolute atomic E-state index is 0.0350. The first-order valence-corrected chi connectivity index (χ1v) is 10.3. The number of aliphatic carboxylic acids is 1. The maximum absolute atomic E-state index is 14.4. The molecule has 33 heavy (non-hydrogen) atoms. The molecule has 0 heterocycles. The molecule has 0 saturated carbocycles. The second kappa shape index (κ2) is 9.46. The van der Waals surface area contributed by atoms with Gasteiger partial charge in [0.15, 0.2) is 0 Å². The molecule has 4 aromatic carbocycles. The van der Waals surface area contributed by atoms with Crippen LogP contribution >= 0.6 is 0 Å². The molecule has 0 fully saturated rings. The summed E-state index contributed by atoms with van der Waals surface area (Å²) < 4.78 is 14.4. The van der Waals surface area contributed by atoms with Crippen LogP contribution in [0.4, 0.5) is 10.1 Å². The van der Waals surface area contributed by atoms with Crippen molar-refractivity contribution in [2.45, 2.75) is 6.54 Å². The third-order valence-electron chi connectivity index (χ3n) is 5.26. The molecule has 6 heteroatoms. The van der Waals surface area contributed by atoms with E-state index in [4.69, 9.17) is 10.8 Å². The minimum Gasteiger partial charge on any atom is -0.478 e. The lowest BCUT2D eigenvalue weighted by Crippen LogP contribution is -2.14. The summed E-state index contributed by atoms with van der Waals surface area (Å²) in [6, 6.07) is 23.1. The smallest absolute Gasteiger partial charge is 0.328 e. The number of carboxylic acid groups (broad SMARTS) is 1. The van der Waals surface area contributed by atoms with Gasteiger partial charge in [0.2, 0.25) is 0 Å². The normalized spacial score (nSPS) is 11.1. The first-order valence-electron chi connectivity index (χ1n) is 10.3. The lowest BCUT2D eigenvalue weighted by molar-refractivity contribution is -0.131. The van der Waals surface area contributed by atoms with E-state index in [-0.39, 0.29) is 5.69 Å². The van der Waals surface area contributed by atoms with E-state index in [1.807, 2.05) is 54.6 Å². The van der Waals surface area contributed by atoms with Gasteiger partial charge in [0, 0.05) is 18.2 Å². The van der Waals surface area contributed by atoms with Crippen molar-refractivity contribution in [1.29, 1.82) is 0 Å². The number of hydrogen-bond donors (Lipinski definition) is 3. The number of fused-ring (bicyclic) bond motifs is 1. The fraction of sp³-hybridized carbons (Fsp3) is 0.0370. The van der Waals surface area contributed by atoms with E-state index in [1.54, 1.807) is 6.07 Å². The molecule has 4 aromatic rings. The number of nitrogens with two attached hydrogens (primary N) is 1. The Morgan fingerprint density at radius 3 is 2.55 bits per heavy atom. The van der Waals surface area contributed by atoms with Gasteiger partial charge in [-0.3, -0.25) is 4.79 Å². The van der Waals surface area contributed by atoms with Gasteiger partial charge in [-0.15, -0.1) is 0 Å². The first kappa shape index (κ1) is 21.9. The monoisotopic (exact) mass is 440 g/mol. The number of carbonyl (C=O) groups is 2. The zero-order valence-electron chi connectivity index (χ0n) is 17.6. The van der Waals surface area contributed by atoms with Crippen LogP contribution in [-0.2, 0) is 11.3 Å². The van der Waals surface area contributed by atoms with E-state index in [0.29, 0.717) is 17.7 Å². The van der Waals surface area contributed by atoms with Gasteiger partial charge < -0.3 is 16.2 Å². The molecule has 5 nitrogen and oxygen atoms in total. The van der Waals surface area contributed by atoms with E-state index < -0.39 is 17.7 Å². The molecular weight excluding hydrogens is 419 g/mol. The molecular formula is C27H21FN2O3. The molecule has 0 saturated heterocycles. The predicted octanol–water partition coefficient (Wildman–Crippen LogP) is 5.45. The summed E-state index contributed by atoms with van der Waals surface area (Å²) in [4.78, 5) is 24.0. The lowest BCUT2D eigenvalue weighted by atomic mass is 9.95. The molecule has 0 radical (unpaired) electrons. The van der Waals surface area contributed by atoms with Crippen LogP contribution in [0.25, 0.3) is 28.0 Å². The lowest BCUT2D eigenvalue weighted by Gasteiger charge is -2.13. The van der Waals surface area contributed by atoms with Crippen molar-refractivity contribution < 1.29 is 19.1 Å². The molecule has 0 aliphatic rings. The van der Waals surface area contributed by atoms with Crippen LogP contribution in [0.15, 0.2) is 84.9 Å². The largest absolute Gasteiger partial charge is 0.478 e. The highest BCUT2D eigenvalue weighted by Gasteiger charge is 2.15. The van der Waals surface area contributed by atoms with E-state index in [2.05, 4.69) is 5.32 Å². The summed E-state index contributed by atoms with van der Waals surface area (Å²) in [5, 5.41) is 13.0. The molecule has 0 aromatic heterocycles. The highest BCUT2D eigenvalue weighted by Crippen LogP contribution is 2.29. The minimum atomic E-state index is -1.12. The molecule has 0 aliphatic carbocycles. The molecule has 0 aliphatic heterocycles. The Kier molecular flexibility index (Phi) is 6.29. The summed E-state index contributed by atoms with van der Waals surface area (Å²) in [5.41, 5.74) is 9.32. The van der Waals surface area contributed by atoms with Crippen LogP contribution in [0, 0.1) is 5.82 Å². The summed E-state index contributed by atoms with van der Waals surface area (Å²) in [5.74, 6) is -2.21. The summed E-state index contributed by atoms with van der Waals surface area (Å²) in [7, 11) is 0. The molecule has 0 unspecified atom stereocenters. The van der Waals surface area contributed by atoms with Crippen LogP contribution in [0.5, 0.6) is 0 Å². The van der Waals surface area contributed by atoms with Crippen molar-refractivity contribution in [3.05, 3.63) is 107 Å². The van der Waals surface area contributed by atoms with Gasteiger partial charge >= 0.3 is 5.97 Å². The van der Waals surface area contributed by atoms with Gasteiger partial charge in [-0.2, -0.15) is 0 Å².